The Hall–Kier alpha value is -3.56. The number of carbonyl (C=O) groups is 2. The molecule has 0 bridgehead atoms. The maximum absolute atomic E-state index is 12.7. The van der Waals surface area contributed by atoms with E-state index in [1.807, 2.05) is 37.3 Å². The van der Waals surface area contributed by atoms with E-state index in [9.17, 15) is 9.59 Å². The molecule has 0 saturated carbocycles. The van der Waals surface area contributed by atoms with E-state index in [4.69, 9.17) is 4.42 Å². The molecule has 4 rings (SSSR count). The van der Waals surface area contributed by atoms with Crippen molar-refractivity contribution in [1.29, 1.82) is 0 Å². The summed E-state index contributed by atoms with van der Waals surface area (Å²) in [6, 6.07) is 9.60. The molecule has 1 saturated heterocycles. The van der Waals surface area contributed by atoms with Crippen LogP contribution in [0.2, 0.25) is 0 Å². The van der Waals surface area contributed by atoms with Gasteiger partial charge in [-0.2, -0.15) is 0 Å². The van der Waals surface area contributed by atoms with Gasteiger partial charge in [0.15, 0.2) is 0 Å². The zero-order valence-electron chi connectivity index (χ0n) is 16.1. The molecule has 1 aliphatic rings. The molecule has 2 amide bonds. The molecule has 10 heteroatoms. The van der Waals surface area contributed by atoms with Crippen LogP contribution in [-0.4, -0.2) is 73.0 Å². The van der Waals surface area contributed by atoms with Crippen LogP contribution < -0.4 is 0 Å². The number of nitrogens with zero attached hydrogens (tertiary/aromatic N) is 7. The van der Waals surface area contributed by atoms with Crippen molar-refractivity contribution in [2.45, 2.75) is 19.9 Å². The Kier molecular flexibility index (Phi) is 5.32. The molecule has 0 N–H and O–H groups in total. The summed E-state index contributed by atoms with van der Waals surface area (Å²) in [5.41, 5.74) is 1.52. The fraction of sp³-hybridized carbons (Fsp3) is 0.368. The average molecular weight is 395 g/mol. The van der Waals surface area contributed by atoms with Gasteiger partial charge in [-0.15, -0.1) is 5.10 Å². The number of piperazine rings is 1. The molecule has 1 aromatic carbocycles. The number of hydrogen-bond donors (Lipinski definition) is 0. The Labute approximate surface area is 167 Å². The Morgan fingerprint density at radius 3 is 2.38 bits per heavy atom. The summed E-state index contributed by atoms with van der Waals surface area (Å²) in [5, 5.41) is 10.7. The lowest BCUT2D eigenvalue weighted by atomic mass is 10.2. The largest absolute Gasteiger partial charge is 0.441 e. The first-order valence-corrected chi connectivity index (χ1v) is 9.38. The molecule has 2 aromatic heterocycles. The monoisotopic (exact) mass is 395 g/mol. The third kappa shape index (κ3) is 4.31. The van der Waals surface area contributed by atoms with Crippen molar-refractivity contribution in [2.24, 2.45) is 0 Å². The van der Waals surface area contributed by atoms with Gasteiger partial charge in [-0.05, 0) is 29.5 Å². The van der Waals surface area contributed by atoms with Gasteiger partial charge in [-0.25, -0.2) is 9.67 Å². The molecule has 0 unspecified atom stereocenters. The molecule has 0 radical (unpaired) electrons. The van der Waals surface area contributed by atoms with Gasteiger partial charge in [0.25, 0.3) is 0 Å². The van der Waals surface area contributed by atoms with E-state index in [2.05, 4.69) is 20.5 Å². The fourth-order valence-corrected chi connectivity index (χ4v) is 3.25. The minimum atomic E-state index is -0.0655. The standard InChI is InChI=1S/C19H21N7O3/c1-14-16(21-19(29-14)15-5-3-2-4-6-15)11-17(27)24-7-9-25(10-8-24)18(28)12-26-13-20-22-23-26/h2-6,13H,7-12H2,1H3. The zero-order chi connectivity index (χ0) is 20.2. The third-order valence-corrected chi connectivity index (χ3v) is 4.91. The highest BCUT2D eigenvalue weighted by molar-refractivity contribution is 5.80. The highest BCUT2D eigenvalue weighted by Gasteiger charge is 2.25. The number of tetrazole rings is 1. The third-order valence-electron chi connectivity index (χ3n) is 4.91. The minimum absolute atomic E-state index is 0.0198. The van der Waals surface area contributed by atoms with Gasteiger partial charge in [0.2, 0.25) is 17.7 Å². The second-order valence-corrected chi connectivity index (χ2v) is 6.83. The summed E-state index contributed by atoms with van der Waals surface area (Å²) >= 11 is 0. The number of carbonyl (C=O) groups excluding carboxylic acids is 2. The van der Waals surface area contributed by atoms with E-state index in [0.717, 1.165) is 5.56 Å². The van der Waals surface area contributed by atoms with Crippen LogP contribution in [0.15, 0.2) is 41.1 Å². The van der Waals surface area contributed by atoms with Gasteiger partial charge in [-0.1, -0.05) is 18.2 Å². The first-order valence-electron chi connectivity index (χ1n) is 9.38. The summed E-state index contributed by atoms with van der Waals surface area (Å²) in [4.78, 5) is 33.0. The van der Waals surface area contributed by atoms with Crippen LogP contribution in [0.1, 0.15) is 11.5 Å². The Balaban J connectivity index is 1.32. The maximum Gasteiger partial charge on any atom is 0.244 e. The van der Waals surface area contributed by atoms with Crippen LogP contribution in [0.3, 0.4) is 0 Å². The summed E-state index contributed by atoms with van der Waals surface area (Å²) in [6.45, 7) is 3.86. The molecule has 0 spiro atoms. The normalized spacial score (nSPS) is 14.2. The molecule has 3 aromatic rings. The predicted molar refractivity (Wildman–Crippen MR) is 101 cm³/mol. The fourth-order valence-electron chi connectivity index (χ4n) is 3.25. The number of oxazole rings is 1. The van der Waals surface area contributed by atoms with E-state index >= 15 is 0 Å². The molecule has 1 aliphatic heterocycles. The zero-order valence-corrected chi connectivity index (χ0v) is 16.1. The van der Waals surface area contributed by atoms with Gasteiger partial charge in [-0.3, -0.25) is 9.59 Å². The van der Waals surface area contributed by atoms with Gasteiger partial charge < -0.3 is 14.2 Å². The first-order chi connectivity index (χ1) is 14.1. The van der Waals surface area contributed by atoms with Gasteiger partial charge in [0.1, 0.15) is 18.6 Å². The number of hydrogen-bond acceptors (Lipinski definition) is 7. The van der Waals surface area contributed by atoms with Crippen LogP contribution in [0.5, 0.6) is 0 Å². The Bertz CT molecular complexity index is 977. The van der Waals surface area contributed by atoms with E-state index in [-0.39, 0.29) is 24.8 Å². The summed E-state index contributed by atoms with van der Waals surface area (Å²) in [5.74, 6) is 1.08. The molecular weight excluding hydrogens is 374 g/mol. The second kappa shape index (κ2) is 8.21. The van der Waals surface area contributed by atoms with Crippen molar-refractivity contribution >= 4 is 11.8 Å². The quantitative estimate of drug-likeness (QED) is 0.620. The minimum Gasteiger partial charge on any atom is -0.441 e. The Morgan fingerprint density at radius 1 is 1.03 bits per heavy atom. The lowest BCUT2D eigenvalue weighted by Gasteiger charge is -2.34. The van der Waals surface area contributed by atoms with E-state index in [0.29, 0.717) is 43.5 Å². The maximum atomic E-state index is 12.7. The first kappa shape index (κ1) is 18.8. The summed E-state index contributed by atoms with van der Waals surface area (Å²) < 4.78 is 7.12. The smallest absolute Gasteiger partial charge is 0.244 e. The van der Waals surface area contributed by atoms with E-state index in [1.165, 1.54) is 11.0 Å². The van der Waals surface area contributed by atoms with Gasteiger partial charge in [0.05, 0.1) is 12.1 Å². The van der Waals surface area contributed by atoms with Crippen LogP contribution in [0.4, 0.5) is 0 Å². The van der Waals surface area contributed by atoms with Crippen LogP contribution >= 0.6 is 0 Å². The van der Waals surface area contributed by atoms with Crippen molar-refractivity contribution < 1.29 is 14.0 Å². The van der Waals surface area contributed by atoms with Crippen LogP contribution in [0.25, 0.3) is 11.5 Å². The molecule has 3 heterocycles. The van der Waals surface area contributed by atoms with Crippen molar-refractivity contribution in [3.8, 4) is 11.5 Å². The average Bonchev–Trinajstić information content (AvgIpc) is 3.39. The van der Waals surface area contributed by atoms with E-state index < -0.39 is 0 Å². The van der Waals surface area contributed by atoms with Crippen molar-refractivity contribution in [3.63, 3.8) is 0 Å². The number of rotatable bonds is 5. The van der Waals surface area contributed by atoms with Gasteiger partial charge in [0, 0.05) is 31.7 Å². The van der Waals surface area contributed by atoms with E-state index in [1.54, 1.807) is 9.80 Å². The number of amides is 2. The number of benzene rings is 1. The second-order valence-electron chi connectivity index (χ2n) is 6.83. The molecule has 150 valence electrons. The van der Waals surface area contributed by atoms with Crippen molar-refractivity contribution in [2.75, 3.05) is 26.2 Å². The molecule has 0 atom stereocenters. The molecule has 10 nitrogen and oxygen atoms in total. The van der Waals surface area contributed by atoms with Gasteiger partial charge >= 0.3 is 0 Å². The summed E-state index contributed by atoms with van der Waals surface area (Å²) in [7, 11) is 0. The topological polar surface area (TPSA) is 110 Å². The summed E-state index contributed by atoms with van der Waals surface area (Å²) in [6.07, 6.45) is 1.59. The van der Waals surface area contributed by atoms with Crippen LogP contribution in [-0.2, 0) is 22.6 Å². The van der Waals surface area contributed by atoms with Crippen molar-refractivity contribution in [3.05, 3.63) is 48.1 Å². The molecule has 29 heavy (non-hydrogen) atoms. The highest BCUT2D eigenvalue weighted by Crippen LogP contribution is 2.22. The van der Waals surface area contributed by atoms with Crippen LogP contribution in [0, 0.1) is 6.92 Å². The number of aryl methyl sites for hydroxylation is 1. The lowest BCUT2D eigenvalue weighted by Crippen LogP contribution is -2.51. The Morgan fingerprint density at radius 2 is 1.72 bits per heavy atom. The molecule has 0 aliphatic carbocycles. The van der Waals surface area contributed by atoms with Crippen molar-refractivity contribution in [1.82, 2.24) is 35.0 Å². The molecular formula is C19H21N7O3. The molecule has 1 fully saturated rings. The lowest BCUT2D eigenvalue weighted by molar-refractivity contribution is -0.139. The highest BCUT2D eigenvalue weighted by atomic mass is 16.4. The number of aromatic nitrogens is 5. The predicted octanol–water partition coefficient (Wildman–Crippen LogP) is 0.550. The SMILES string of the molecule is Cc1oc(-c2ccccc2)nc1CC(=O)N1CCN(C(=O)Cn2cnnn2)CC1.